The van der Waals surface area contributed by atoms with Crippen molar-refractivity contribution < 1.29 is 28.5 Å². The molecular formula is C14H25N2O6+. The van der Waals surface area contributed by atoms with Gasteiger partial charge in [-0.3, -0.25) is 4.79 Å². The fourth-order valence-corrected chi connectivity index (χ4v) is 1.25. The lowest BCUT2D eigenvalue weighted by Gasteiger charge is -2.12. The highest BCUT2D eigenvalue weighted by Gasteiger charge is 2.25. The molecule has 0 fully saturated rings. The van der Waals surface area contributed by atoms with Gasteiger partial charge in [-0.25, -0.2) is 4.79 Å². The van der Waals surface area contributed by atoms with Gasteiger partial charge in [-0.1, -0.05) is 4.85 Å². The van der Waals surface area contributed by atoms with Gasteiger partial charge in [-0.15, -0.1) is 0 Å². The molecule has 0 saturated carbocycles. The van der Waals surface area contributed by atoms with E-state index in [1.807, 2.05) is 0 Å². The number of hydrogen-bond acceptors (Lipinski definition) is 6. The third-order valence-electron chi connectivity index (χ3n) is 2.59. The van der Waals surface area contributed by atoms with Crippen LogP contribution >= 0.6 is 0 Å². The highest BCUT2D eigenvalue weighted by molar-refractivity contribution is 5.88. The minimum atomic E-state index is -0.769. The second-order valence-corrected chi connectivity index (χ2v) is 4.44. The number of amides is 1. The normalized spacial score (nSPS) is 13.0. The van der Waals surface area contributed by atoms with E-state index in [2.05, 4.69) is 10.2 Å². The number of hydrogen-bond donors (Lipinski definition) is 1. The van der Waals surface area contributed by atoms with Crippen molar-refractivity contribution in [3.8, 4) is 6.57 Å². The van der Waals surface area contributed by atoms with Crippen LogP contribution in [0.4, 0.5) is 0 Å². The van der Waals surface area contributed by atoms with Crippen LogP contribution in [0.3, 0.4) is 0 Å². The Kier molecular flexibility index (Phi) is 12.0. The van der Waals surface area contributed by atoms with Crippen LogP contribution in [0.2, 0.25) is 0 Å². The van der Waals surface area contributed by atoms with Crippen molar-refractivity contribution in [1.82, 2.24) is 5.32 Å². The Morgan fingerprint density at radius 2 is 1.59 bits per heavy atom. The largest absolute Gasteiger partial charge is 0.462 e. The highest BCUT2D eigenvalue weighted by Crippen LogP contribution is 1.93. The summed E-state index contributed by atoms with van der Waals surface area (Å²) in [6.45, 7) is 10.3. The highest BCUT2D eigenvalue weighted by atomic mass is 16.6. The lowest BCUT2D eigenvalue weighted by atomic mass is 10.3. The minimum Gasteiger partial charge on any atom is -0.462 e. The van der Waals surface area contributed by atoms with Gasteiger partial charge in [-0.2, -0.15) is 0 Å². The Balaban J connectivity index is 3.60. The summed E-state index contributed by atoms with van der Waals surface area (Å²) in [6.07, 6.45) is 0. The third-order valence-corrected chi connectivity index (χ3v) is 2.59. The Morgan fingerprint density at radius 1 is 1.05 bits per heavy atom. The molecule has 1 amide bonds. The molecule has 0 rings (SSSR count). The van der Waals surface area contributed by atoms with Crippen LogP contribution in [0, 0.1) is 6.57 Å². The van der Waals surface area contributed by atoms with Gasteiger partial charge in [0.25, 0.3) is 6.57 Å². The number of rotatable bonds is 12. The van der Waals surface area contributed by atoms with Crippen molar-refractivity contribution in [3.63, 3.8) is 0 Å². The number of carbonyl (C=O) groups excluding carboxylic acids is 2. The molecule has 8 nitrogen and oxygen atoms in total. The van der Waals surface area contributed by atoms with E-state index in [0.717, 1.165) is 0 Å². The van der Waals surface area contributed by atoms with Gasteiger partial charge in [0.15, 0.2) is 0 Å². The maximum absolute atomic E-state index is 11.6. The standard InChI is InChI=1S/C14H24N2O6/c1-11(15-3)13(17)16-12(2)14(18)22-10-9-21-8-7-20-6-5-19-4/h3,11-12H,5-10H2,1-2,4H3/p+1/t11-,12+/m1/s1. The molecule has 0 radical (unpaired) electrons. The van der Waals surface area contributed by atoms with Crippen LogP contribution in [0.1, 0.15) is 13.8 Å². The van der Waals surface area contributed by atoms with Crippen molar-refractivity contribution in [3.05, 3.63) is 4.85 Å². The summed E-state index contributed by atoms with van der Waals surface area (Å²) >= 11 is 0. The van der Waals surface area contributed by atoms with E-state index in [1.54, 1.807) is 7.11 Å². The number of ether oxygens (including phenoxy) is 4. The maximum atomic E-state index is 11.6. The Bertz CT molecular complexity index is 369. The van der Waals surface area contributed by atoms with Crippen LogP contribution in [0.25, 0.3) is 4.85 Å². The molecule has 126 valence electrons. The topological polar surface area (TPSA) is 87.5 Å². The van der Waals surface area contributed by atoms with Crippen molar-refractivity contribution in [2.45, 2.75) is 25.9 Å². The number of nitrogens with one attached hydrogen (secondary N) is 1. The monoisotopic (exact) mass is 317 g/mol. The zero-order chi connectivity index (χ0) is 16.8. The summed E-state index contributed by atoms with van der Waals surface area (Å²) in [5.41, 5.74) is 0. The number of carbonyl (C=O) groups is 2. The van der Waals surface area contributed by atoms with Crippen molar-refractivity contribution in [2.24, 2.45) is 0 Å². The minimum absolute atomic E-state index is 0.105. The molecule has 0 aromatic heterocycles. The van der Waals surface area contributed by atoms with Gasteiger partial charge in [0.05, 0.1) is 33.0 Å². The van der Waals surface area contributed by atoms with E-state index in [9.17, 15) is 9.59 Å². The Hall–Kier alpha value is -1.69. The first-order chi connectivity index (χ1) is 10.5. The molecule has 0 unspecified atom stereocenters. The van der Waals surface area contributed by atoms with Crippen LogP contribution in [-0.2, 0) is 28.5 Å². The zero-order valence-electron chi connectivity index (χ0n) is 13.4. The lowest BCUT2D eigenvalue weighted by molar-refractivity contribution is -0.148. The summed E-state index contributed by atoms with van der Waals surface area (Å²) in [5, 5.41) is 2.45. The summed E-state index contributed by atoms with van der Waals surface area (Å²) in [5.74, 6) is -0.978. The fourth-order valence-electron chi connectivity index (χ4n) is 1.25. The second-order valence-electron chi connectivity index (χ2n) is 4.44. The lowest BCUT2D eigenvalue weighted by Crippen LogP contribution is -2.43. The molecule has 0 spiro atoms. The SMILES string of the molecule is C#[N+][C@H](C)C(=O)N[C@@H](C)C(=O)OCCOCCOCCOC. The summed E-state index contributed by atoms with van der Waals surface area (Å²) in [4.78, 5) is 26.4. The molecule has 0 aliphatic carbocycles. The first-order valence-corrected chi connectivity index (χ1v) is 7.04. The van der Waals surface area contributed by atoms with E-state index < -0.39 is 24.0 Å². The first-order valence-electron chi connectivity index (χ1n) is 7.04. The molecule has 0 saturated heterocycles. The molecule has 0 bridgehead atoms. The van der Waals surface area contributed by atoms with Gasteiger partial charge >= 0.3 is 17.9 Å². The van der Waals surface area contributed by atoms with Crippen LogP contribution in [-0.4, -0.2) is 70.7 Å². The van der Waals surface area contributed by atoms with Gasteiger partial charge in [0.1, 0.15) is 12.6 Å². The summed E-state index contributed by atoms with van der Waals surface area (Å²) in [7, 11) is 1.60. The van der Waals surface area contributed by atoms with Gasteiger partial charge in [-0.05, 0) is 6.92 Å². The van der Waals surface area contributed by atoms with E-state index in [4.69, 9.17) is 25.5 Å². The van der Waals surface area contributed by atoms with E-state index in [0.29, 0.717) is 26.4 Å². The average molecular weight is 317 g/mol. The predicted molar refractivity (Wildman–Crippen MR) is 79.8 cm³/mol. The van der Waals surface area contributed by atoms with Gasteiger partial charge < -0.3 is 24.3 Å². The van der Waals surface area contributed by atoms with Crippen molar-refractivity contribution in [1.29, 1.82) is 0 Å². The number of esters is 1. The molecule has 0 aromatic carbocycles. The number of nitrogens with zero attached hydrogens (tertiary/aromatic N) is 1. The van der Waals surface area contributed by atoms with E-state index in [-0.39, 0.29) is 13.2 Å². The average Bonchev–Trinajstić information content (AvgIpc) is 2.51. The quantitative estimate of drug-likeness (QED) is 0.405. The van der Waals surface area contributed by atoms with Gasteiger partial charge in [0.2, 0.25) is 0 Å². The molecule has 22 heavy (non-hydrogen) atoms. The summed E-state index contributed by atoms with van der Waals surface area (Å²) < 4.78 is 20.2. The molecule has 2 atom stereocenters. The molecule has 0 heterocycles. The van der Waals surface area contributed by atoms with Crippen molar-refractivity contribution in [2.75, 3.05) is 46.8 Å². The first kappa shape index (κ1) is 20.3. The van der Waals surface area contributed by atoms with E-state index >= 15 is 0 Å². The molecule has 0 aromatic rings. The van der Waals surface area contributed by atoms with Crippen LogP contribution < -0.4 is 5.32 Å². The van der Waals surface area contributed by atoms with E-state index in [1.165, 1.54) is 13.8 Å². The Morgan fingerprint density at radius 3 is 2.14 bits per heavy atom. The van der Waals surface area contributed by atoms with Crippen molar-refractivity contribution >= 4 is 11.9 Å². The molecule has 1 N–H and O–H groups in total. The van der Waals surface area contributed by atoms with Crippen LogP contribution in [0.5, 0.6) is 0 Å². The number of methoxy groups -OCH3 is 1. The fraction of sp³-hybridized carbons (Fsp3) is 0.786. The smallest absolute Gasteiger partial charge is 0.345 e. The maximum Gasteiger partial charge on any atom is 0.345 e. The molecule has 0 aliphatic heterocycles. The molecular weight excluding hydrogens is 292 g/mol. The third kappa shape index (κ3) is 10.1. The van der Waals surface area contributed by atoms with Gasteiger partial charge in [0, 0.05) is 14.0 Å². The zero-order valence-corrected chi connectivity index (χ0v) is 13.4. The Labute approximate surface area is 130 Å². The molecule has 0 aliphatic rings. The second kappa shape index (κ2) is 13.0. The summed E-state index contributed by atoms with van der Waals surface area (Å²) in [6, 6.07) is -1.48. The predicted octanol–water partition coefficient (Wildman–Crippen LogP) is 0.0651. The van der Waals surface area contributed by atoms with Crippen LogP contribution in [0.15, 0.2) is 0 Å². The molecule has 8 heteroatoms.